The molecule has 2 aromatic rings. The molecule has 0 radical (unpaired) electrons. The van der Waals surface area contributed by atoms with Crippen LogP contribution in [0.5, 0.6) is 0 Å². The van der Waals surface area contributed by atoms with Crippen LogP contribution in [-0.4, -0.2) is 19.2 Å². The number of nitrogens with zero attached hydrogens (tertiary/aromatic N) is 1. The van der Waals surface area contributed by atoms with Crippen LogP contribution in [0.1, 0.15) is 31.2 Å². The number of nitrogen functional groups attached to an aromatic ring is 1. The van der Waals surface area contributed by atoms with E-state index >= 15 is 0 Å². The molecule has 0 unspecified atom stereocenters. The van der Waals surface area contributed by atoms with Crippen molar-refractivity contribution in [3.8, 4) is 0 Å². The van der Waals surface area contributed by atoms with Gasteiger partial charge in [-0.15, -0.1) is 0 Å². The van der Waals surface area contributed by atoms with Gasteiger partial charge >= 0.3 is 0 Å². The Morgan fingerprint density at radius 1 is 1.19 bits per heavy atom. The van der Waals surface area contributed by atoms with Gasteiger partial charge in [0.25, 0.3) is 0 Å². The number of pyridine rings is 1. The lowest BCUT2D eigenvalue weighted by molar-refractivity contribution is 0.558. The summed E-state index contributed by atoms with van der Waals surface area (Å²) < 4.78 is 24.9. The standard InChI is InChI=1S/C16H20N2O2S/c17-15-8-7-13(16-14(15)6-3-9-18-16)11-21(19,20)10-12-4-1-2-5-12/h3,6-9,12H,1-2,4-5,10-11,17H2. The van der Waals surface area contributed by atoms with Crippen molar-refractivity contribution < 1.29 is 8.42 Å². The normalized spacial score (nSPS) is 16.6. The summed E-state index contributed by atoms with van der Waals surface area (Å²) in [7, 11) is -3.10. The van der Waals surface area contributed by atoms with E-state index in [1.54, 1.807) is 18.3 Å². The van der Waals surface area contributed by atoms with Gasteiger partial charge < -0.3 is 5.73 Å². The average Bonchev–Trinajstić information content (AvgIpc) is 2.94. The van der Waals surface area contributed by atoms with E-state index in [4.69, 9.17) is 5.73 Å². The molecule has 4 nitrogen and oxygen atoms in total. The number of nitrogens with two attached hydrogens (primary N) is 1. The summed E-state index contributed by atoms with van der Waals surface area (Å²) in [4.78, 5) is 4.31. The number of sulfone groups is 1. The molecule has 0 atom stereocenters. The molecule has 1 heterocycles. The molecule has 3 rings (SSSR count). The molecule has 21 heavy (non-hydrogen) atoms. The van der Waals surface area contributed by atoms with Crippen molar-refractivity contribution in [1.82, 2.24) is 4.98 Å². The maximum absolute atomic E-state index is 12.4. The van der Waals surface area contributed by atoms with Crippen molar-refractivity contribution in [2.24, 2.45) is 5.92 Å². The topological polar surface area (TPSA) is 73.1 Å². The third kappa shape index (κ3) is 3.18. The molecule has 1 aliphatic rings. The lowest BCUT2D eigenvalue weighted by Gasteiger charge is -2.12. The zero-order valence-corrected chi connectivity index (χ0v) is 12.8. The van der Waals surface area contributed by atoms with Crippen molar-refractivity contribution in [2.75, 3.05) is 11.5 Å². The van der Waals surface area contributed by atoms with Crippen molar-refractivity contribution >= 4 is 26.4 Å². The van der Waals surface area contributed by atoms with E-state index in [0.717, 1.165) is 36.6 Å². The van der Waals surface area contributed by atoms with Crippen LogP contribution < -0.4 is 5.73 Å². The number of anilines is 1. The molecule has 0 spiro atoms. The first kappa shape index (κ1) is 14.3. The van der Waals surface area contributed by atoms with Crippen molar-refractivity contribution in [2.45, 2.75) is 31.4 Å². The Morgan fingerprint density at radius 2 is 1.95 bits per heavy atom. The van der Waals surface area contributed by atoms with Crippen LogP contribution in [0.25, 0.3) is 10.9 Å². The quantitative estimate of drug-likeness (QED) is 0.881. The van der Waals surface area contributed by atoms with Crippen LogP contribution in [0.15, 0.2) is 30.5 Å². The molecule has 0 aliphatic heterocycles. The molecule has 2 N–H and O–H groups in total. The zero-order chi connectivity index (χ0) is 14.9. The first-order valence-corrected chi connectivity index (χ1v) is 9.20. The largest absolute Gasteiger partial charge is 0.398 e. The molecule has 1 fully saturated rings. The van der Waals surface area contributed by atoms with E-state index in [9.17, 15) is 8.42 Å². The summed E-state index contributed by atoms with van der Waals surface area (Å²) in [6.07, 6.45) is 6.08. The van der Waals surface area contributed by atoms with Gasteiger partial charge in [-0.25, -0.2) is 8.42 Å². The predicted octanol–water partition coefficient (Wildman–Crippen LogP) is 2.92. The number of rotatable bonds is 4. The highest BCUT2D eigenvalue weighted by Crippen LogP contribution is 2.28. The fourth-order valence-electron chi connectivity index (χ4n) is 3.20. The molecule has 1 aromatic carbocycles. The van der Waals surface area contributed by atoms with E-state index in [2.05, 4.69) is 4.98 Å². The number of hydrogen-bond acceptors (Lipinski definition) is 4. The molecule has 0 amide bonds. The summed E-state index contributed by atoms with van der Waals surface area (Å²) in [5, 5.41) is 0.825. The monoisotopic (exact) mass is 304 g/mol. The Bertz CT molecular complexity index is 750. The molecule has 112 valence electrons. The highest BCUT2D eigenvalue weighted by molar-refractivity contribution is 7.90. The second-order valence-electron chi connectivity index (χ2n) is 5.92. The molecule has 1 saturated carbocycles. The maximum Gasteiger partial charge on any atom is 0.154 e. The van der Waals surface area contributed by atoms with Crippen LogP contribution in [-0.2, 0) is 15.6 Å². The second kappa shape index (κ2) is 5.64. The average molecular weight is 304 g/mol. The molecular formula is C16H20N2O2S. The van der Waals surface area contributed by atoms with Gasteiger partial charge in [-0.2, -0.15) is 0 Å². The lowest BCUT2D eigenvalue weighted by atomic mass is 10.1. The third-order valence-corrected chi connectivity index (χ3v) is 5.96. The van der Waals surface area contributed by atoms with Gasteiger partial charge in [-0.3, -0.25) is 4.98 Å². The minimum absolute atomic E-state index is 0.0529. The smallest absolute Gasteiger partial charge is 0.154 e. The van der Waals surface area contributed by atoms with Gasteiger partial charge in [0.05, 0.1) is 17.0 Å². The van der Waals surface area contributed by atoms with Crippen LogP contribution in [0.4, 0.5) is 5.69 Å². The predicted molar refractivity (Wildman–Crippen MR) is 85.6 cm³/mol. The summed E-state index contributed by atoms with van der Waals surface area (Å²) in [6.45, 7) is 0. The molecule has 5 heteroatoms. The van der Waals surface area contributed by atoms with Gasteiger partial charge in [0.2, 0.25) is 0 Å². The molecule has 1 aromatic heterocycles. The molecule has 0 bridgehead atoms. The summed E-state index contributed by atoms with van der Waals surface area (Å²) >= 11 is 0. The van der Waals surface area contributed by atoms with E-state index in [0.29, 0.717) is 22.9 Å². The summed E-state index contributed by atoms with van der Waals surface area (Å²) in [5.74, 6) is 0.686. The van der Waals surface area contributed by atoms with Crippen LogP contribution in [0, 0.1) is 5.92 Å². The van der Waals surface area contributed by atoms with Gasteiger partial charge in [-0.1, -0.05) is 18.9 Å². The molecule has 0 saturated heterocycles. The third-order valence-electron chi connectivity index (χ3n) is 4.23. The van der Waals surface area contributed by atoms with Crippen LogP contribution in [0.3, 0.4) is 0 Å². The maximum atomic E-state index is 12.4. The van der Waals surface area contributed by atoms with Gasteiger partial charge in [0, 0.05) is 17.3 Å². The Kier molecular flexibility index (Phi) is 3.85. The number of fused-ring (bicyclic) bond motifs is 1. The van der Waals surface area contributed by atoms with E-state index in [1.807, 2.05) is 12.1 Å². The number of aromatic nitrogens is 1. The Balaban J connectivity index is 1.89. The fraction of sp³-hybridized carbons (Fsp3) is 0.438. The molecule has 1 aliphatic carbocycles. The highest BCUT2D eigenvalue weighted by Gasteiger charge is 2.23. The second-order valence-corrected chi connectivity index (χ2v) is 8.03. The van der Waals surface area contributed by atoms with Crippen molar-refractivity contribution in [3.05, 3.63) is 36.0 Å². The van der Waals surface area contributed by atoms with Gasteiger partial charge in [0.15, 0.2) is 9.84 Å². The van der Waals surface area contributed by atoms with Gasteiger partial charge in [0.1, 0.15) is 0 Å². The first-order valence-electron chi connectivity index (χ1n) is 7.38. The highest BCUT2D eigenvalue weighted by atomic mass is 32.2. The number of benzene rings is 1. The Hall–Kier alpha value is -1.62. The summed E-state index contributed by atoms with van der Waals surface area (Å²) in [6, 6.07) is 7.25. The van der Waals surface area contributed by atoms with E-state index in [1.165, 1.54) is 0 Å². The lowest BCUT2D eigenvalue weighted by Crippen LogP contribution is -2.16. The number of hydrogen-bond donors (Lipinski definition) is 1. The SMILES string of the molecule is Nc1ccc(CS(=O)(=O)CC2CCCC2)c2ncccc12. The zero-order valence-electron chi connectivity index (χ0n) is 12.0. The molecular weight excluding hydrogens is 284 g/mol. The fourth-order valence-corrected chi connectivity index (χ4v) is 5.08. The van der Waals surface area contributed by atoms with E-state index in [-0.39, 0.29) is 5.75 Å². The minimum Gasteiger partial charge on any atom is -0.398 e. The van der Waals surface area contributed by atoms with Gasteiger partial charge in [-0.05, 0) is 42.5 Å². The Labute approximate surface area is 125 Å². The Morgan fingerprint density at radius 3 is 2.71 bits per heavy atom. The van der Waals surface area contributed by atoms with Crippen LogP contribution >= 0.6 is 0 Å². The first-order chi connectivity index (χ1) is 10.1. The van der Waals surface area contributed by atoms with E-state index < -0.39 is 9.84 Å². The van der Waals surface area contributed by atoms with Crippen molar-refractivity contribution in [1.29, 1.82) is 0 Å². The summed E-state index contributed by atoms with van der Waals surface area (Å²) in [5.41, 5.74) is 8.02. The van der Waals surface area contributed by atoms with Crippen molar-refractivity contribution in [3.63, 3.8) is 0 Å². The minimum atomic E-state index is -3.10. The van der Waals surface area contributed by atoms with Crippen LogP contribution in [0.2, 0.25) is 0 Å².